The minimum Gasteiger partial charge on any atom is -0.292 e. The smallest absolute Gasteiger partial charge is 0.145 e. The van der Waals surface area contributed by atoms with Gasteiger partial charge < -0.3 is 0 Å². The molecular formula is C88H56N4. The predicted molar refractivity (Wildman–Crippen MR) is 384 cm³/mol. The maximum atomic E-state index is 5.19. The van der Waals surface area contributed by atoms with Crippen LogP contribution in [-0.2, 0) is 0 Å². The second-order valence-electron chi connectivity index (χ2n) is 23.9. The lowest BCUT2D eigenvalue weighted by atomic mass is 9.76. The van der Waals surface area contributed by atoms with Gasteiger partial charge in [-0.2, -0.15) is 0 Å². The quantitative estimate of drug-likeness (QED) is 0.129. The van der Waals surface area contributed by atoms with Gasteiger partial charge in [0.2, 0.25) is 0 Å². The normalized spacial score (nSPS) is 11.7. The number of para-hydroxylation sites is 6. The van der Waals surface area contributed by atoms with Gasteiger partial charge in [0, 0.05) is 22.5 Å². The first-order valence-electron chi connectivity index (χ1n) is 31.5. The molecule has 0 saturated heterocycles. The van der Waals surface area contributed by atoms with E-state index in [0.717, 1.165) is 101 Å². The van der Waals surface area contributed by atoms with Gasteiger partial charge in [-0.25, -0.2) is 9.97 Å². The second kappa shape index (κ2) is 21.8. The third-order valence-electron chi connectivity index (χ3n) is 18.7. The van der Waals surface area contributed by atoms with Crippen molar-refractivity contribution in [3.05, 3.63) is 340 Å². The molecule has 0 aliphatic heterocycles. The van der Waals surface area contributed by atoms with Crippen molar-refractivity contribution < 1.29 is 0 Å². The first-order chi connectivity index (χ1) is 45.6. The minimum absolute atomic E-state index is 0.914. The molecule has 0 saturated carbocycles. The fourth-order valence-corrected chi connectivity index (χ4v) is 14.5. The molecule has 0 fully saturated rings. The summed E-state index contributed by atoms with van der Waals surface area (Å²) in [7, 11) is 0. The first kappa shape index (κ1) is 52.8. The van der Waals surface area contributed by atoms with Crippen LogP contribution in [0, 0.1) is 0 Å². The zero-order chi connectivity index (χ0) is 60.6. The lowest BCUT2D eigenvalue weighted by Crippen LogP contribution is -1.99. The lowest BCUT2D eigenvalue weighted by Gasteiger charge is -2.26. The summed E-state index contributed by atoms with van der Waals surface area (Å²) in [6, 6.07) is 124. The van der Waals surface area contributed by atoms with Crippen molar-refractivity contribution in [2.24, 2.45) is 0 Å². The van der Waals surface area contributed by atoms with E-state index in [4.69, 9.17) is 9.97 Å². The Kier molecular flexibility index (Phi) is 12.5. The van der Waals surface area contributed by atoms with E-state index < -0.39 is 0 Å². The van der Waals surface area contributed by atoms with Crippen molar-refractivity contribution >= 4 is 43.6 Å². The molecule has 4 nitrogen and oxygen atoms in total. The number of rotatable bonds is 11. The van der Waals surface area contributed by atoms with Gasteiger partial charge in [-0.15, -0.1) is 0 Å². The van der Waals surface area contributed by atoms with Gasteiger partial charge in [0.25, 0.3) is 0 Å². The van der Waals surface area contributed by atoms with Crippen LogP contribution in [-0.4, -0.2) is 19.1 Å². The third kappa shape index (κ3) is 8.76. The van der Waals surface area contributed by atoms with E-state index in [9.17, 15) is 0 Å². The summed E-state index contributed by atoms with van der Waals surface area (Å²) in [6.45, 7) is 0. The molecule has 18 rings (SSSR count). The van der Waals surface area contributed by atoms with Crippen molar-refractivity contribution in [2.75, 3.05) is 0 Å². The number of benzene rings is 15. The van der Waals surface area contributed by atoms with Crippen LogP contribution >= 0.6 is 0 Å². The summed E-state index contributed by atoms with van der Waals surface area (Å²) >= 11 is 0. The topological polar surface area (TPSA) is 35.6 Å². The molecule has 4 heteroatoms. The third-order valence-corrected chi connectivity index (χ3v) is 18.7. The molecule has 2 aromatic heterocycles. The molecule has 0 bridgehead atoms. The highest BCUT2D eigenvalue weighted by atomic mass is 15.1. The summed E-state index contributed by atoms with van der Waals surface area (Å²) in [5.41, 5.74) is 29.7. The van der Waals surface area contributed by atoms with Crippen molar-refractivity contribution in [1.82, 2.24) is 19.1 Å². The molecule has 17 aromatic rings. The van der Waals surface area contributed by atoms with Gasteiger partial charge in [-0.3, -0.25) is 9.13 Å². The average Bonchev–Trinajstić information content (AvgIpc) is 1.52. The molecule has 2 heterocycles. The highest BCUT2D eigenvalue weighted by Crippen LogP contribution is 2.61. The standard InChI is InChI=1S/C88H56N4/c1-5-21-62(22-6-1)82-80(64-45-36-58(37-46-64)60-40-49-66(50-41-60)87-89-76-32-15-17-34-78(76)91(87)70-26-9-3-10-27-70)81(65-47-38-59(39-48-65)61-42-51-67(52-43-61)88-90-77-33-16-18-35-79(77)92(88)71-28-11-4-12-29-71)83(63-23-7-2-8-24-63)86-75-55-54-72(73-30-19-31-74(84(73)75)85(82)86)69-53-44-57-20-13-14-25-68(57)56-69/h1-56H. The van der Waals surface area contributed by atoms with E-state index >= 15 is 0 Å². The SMILES string of the molecule is c1ccc(-c2c(-c3ccc(-c4ccc(-c5nc6ccccc6n5-c5ccccc5)cc4)cc3)c(-c3ccc(-c4ccc(-c5nc6ccccc6n5-c5ccccc5)cc4)cc3)c(-c3ccccc3)c3c2-c2cccc4c(-c5ccc6ccccc6c5)ccc-3c24)cc1. The highest BCUT2D eigenvalue weighted by Gasteiger charge is 2.34. The zero-order valence-corrected chi connectivity index (χ0v) is 50.1. The Bertz CT molecular complexity index is 5390. The Morgan fingerprint density at radius 1 is 0.207 bits per heavy atom. The van der Waals surface area contributed by atoms with Crippen molar-refractivity contribution in [3.63, 3.8) is 0 Å². The van der Waals surface area contributed by atoms with Crippen LogP contribution < -0.4 is 0 Å². The largest absolute Gasteiger partial charge is 0.292 e. The molecule has 0 radical (unpaired) electrons. The summed E-state index contributed by atoms with van der Waals surface area (Å²) in [4.78, 5) is 10.4. The Labute approximate surface area is 533 Å². The van der Waals surface area contributed by atoms with Crippen LogP contribution in [0.2, 0.25) is 0 Å². The van der Waals surface area contributed by atoms with Crippen LogP contribution in [0.3, 0.4) is 0 Å². The van der Waals surface area contributed by atoms with Crippen molar-refractivity contribution in [1.29, 1.82) is 0 Å². The second-order valence-corrected chi connectivity index (χ2v) is 23.9. The average molecular weight is 1170 g/mol. The minimum atomic E-state index is 0.914. The van der Waals surface area contributed by atoms with Gasteiger partial charge in [-0.05, 0) is 176 Å². The number of imidazole rings is 2. The van der Waals surface area contributed by atoms with Crippen LogP contribution in [0.4, 0.5) is 0 Å². The maximum absolute atomic E-state index is 5.19. The Morgan fingerprint density at radius 3 is 1.03 bits per heavy atom. The van der Waals surface area contributed by atoms with Gasteiger partial charge in [0.05, 0.1) is 22.1 Å². The predicted octanol–water partition coefficient (Wildman–Crippen LogP) is 23.3. The Hall–Kier alpha value is -12.2. The molecule has 15 aromatic carbocycles. The molecular weight excluding hydrogens is 1110 g/mol. The molecule has 0 atom stereocenters. The number of fused-ring (bicyclic) bond motifs is 6. The fourth-order valence-electron chi connectivity index (χ4n) is 14.5. The maximum Gasteiger partial charge on any atom is 0.145 e. The van der Waals surface area contributed by atoms with E-state index in [0.29, 0.717) is 0 Å². The summed E-state index contributed by atoms with van der Waals surface area (Å²) < 4.78 is 4.53. The number of aromatic nitrogens is 4. The Morgan fingerprint density at radius 2 is 0.554 bits per heavy atom. The van der Waals surface area contributed by atoms with E-state index in [1.807, 2.05) is 0 Å². The molecule has 0 unspecified atom stereocenters. The van der Waals surface area contributed by atoms with Crippen LogP contribution in [0.1, 0.15) is 0 Å². The van der Waals surface area contributed by atoms with E-state index in [1.54, 1.807) is 0 Å². The van der Waals surface area contributed by atoms with Crippen LogP contribution in [0.5, 0.6) is 0 Å². The molecule has 1 aliphatic rings. The summed E-state index contributed by atoms with van der Waals surface area (Å²) in [5.74, 6) is 1.83. The monoisotopic (exact) mass is 1170 g/mol. The van der Waals surface area contributed by atoms with Gasteiger partial charge in [-0.1, -0.05) is 285 Å². The van der Waals surface area contributed by atoms with Crippen molar-refractivity contribution in [3.8, 4) is 134 Å². The lowest BCUT2D eigenvalue weighted by molar-refractivity contribution is 1.10. The van der Waals surface area contributed by atoms with E-state index in [-0.39, 0.29) is 0 Å². The van der Waals surface area contributed by atoms with Crippen molar-refractivity contribution in [2.45, 2.75) is 0 Å². The molecule has 428 valence electrons. The first-order valence-corrected chi connectivity index (χ1v) is 31.5. The molecule has 0 amide bonds. The zero-order valence-electron chi connectivity index (χ0n) is 50.1. The number of hydrogen-bond acceptors (Lipinski definition) is 2. The van der Waals surface area contributed by atoms with Gasteiger partial charge in [0.1, 0.15) is 11.6 Å². The van der Waals surface area contributed by atoms with Crippen LogP contribution in [0.15, 0.2) is 340 Å². The number of hydrogen-bond donors (Lipinski definition) is 0. The van der Waals surface area contributed by atoms with E-state index in [2.05, 4.69) is 349 Å². The molecule has 0 N–H and O–H groups in total. The van der Waals surface area contributed by atoms with Gasteiger partial charge in [0.15, 0.2) is 0 Å². The summed E-state index contributed by atoms with van der Waals surface area (Å²) in [6.07, 6.45) is 0. The molecule has 92 heavy (non-hydrogen) atoms. The van der Waals surface area contributed by atoms with Gasteiger partial charge >= 0.3 is 0 Å². The Balaban J connectivity index is 0.824. The fraction of sp³-hybridized carbons (Fsp3) is 0. The number of nitrogens with zero attached hydrogens (tertiary/aromatic N) is 4. The van der Waals surface area contributed by atoms with E-state index in [1.165, 1.54) is 77.2 Å². The molecule has 0 spiro atoms. The summed E-state index contributed by atoms with van der Waals surface area (Å²) in [5, 5.41) is 4.99. The van der Waals surface area contributed by atoms with Crippen LogP contribution in [0.25, 0.3) is 178 Å². The molecule has 1 aliphatic carbocycles. The highest BCUT2D eigenvalue weighted by molar-refractivity contribution is 6.27.